The highest BCUT2D eigenvalue weighted by Gasteiger charge is 2.20. The Hall–Kier alpha value is -2.08. The molecule has 2 N–H and O–H groups in total. The first-order chi connectivity index (χ1) is 10.6. The number of benzene rings is 1. The number of carbonyl (C=O) groups excluding carboxylic acids is 2. The Labute approximate surface area is 131 Å². The zero-order chi connectivity index (χ0) is 16.5. The molecule has 0 aromatic heterocycles. The number of rotatable bonds is 9. The zero-order valence-electron chi connectivity index (χ0n) is 13.4. The molecule has 6 nitrogen and oxygen atoms in total. The van der Waals surface area contributed by atoms with E-state index in [0.717, 1.165) is 5.56 Å². The standard InChI is InChI=1S/C16H24N2O4/c1-12(16(20)18(11-19)8-4-7-17)9-13-5-6-14(21-2)15(10-13)22-3/h5-6,10-12H,4,7-9,17H2,1-3H3. The number of hydrogen-bond acceptors (Lipinski definition) is 5. The van der Waals surface area contributed by atoms with Crippen LogP contribution in [0.15, 0.2) is 18.2 Å². The van der Waals surface area contributed by atoms with Crippen LogP contribution in [0.3, 0.4) is 0 Å². The first-order valence-electron chi connectivity index (χ1n) is 7.24. The molecule has 1 unspecified atom stereocenters. The Morgan fingerprint density at radius 3 is 2.55 bits per heavy atom. The maximum absolute atomic E-state index is 12.3. The van der Waals surface area contributed by atoms with Gasteiger partial charge in [0.15, 0.2) is 11.5 Å². The monoisotopic (exact) mass is 308 g/mol. The minimum Gasteiger partial charge on any atom is -0.493 e. The van der Waals surface area contributed by atoms with Crippen molar-refractivity contribution >= 4 is 12.3 Å². The fraction of sp³-hybridized carbons (Fsp3) is 0.500. The van der Waals surface area contributed by atoms with Crippen LogP contribution in [0.1, 0.15) is 18.9 Å². The molecular weight excluding hydrogens is 284 g/mol. The number of methoxy groups -OCH3 is 2. The van der Waals surface area contributed by atoms with Gasteiger partial charge < -0.3 is 15.2 Å². The van der Waals surface area contributed by atoms with Gasteiger partial charge in [0.1, 0.15) is 0 Å². The van der Waals surface area contributed by atoms with Gasteiger partial charge in [0.25, 0.3) is 0 Å². The van der Waals surface area contributed by atoms with Gasteiger partial charge in [-0.3, -0.25) is 14.5 Å². The number of nitrogens with zero attached hydrogens (tertiary/aromatic N) is 1. The summed E-state index contributed by atoms with van der Waals surface area (Å²) in [6, 6.07) is 5.53. The number of carbonyl (C=O) groups is 2. The van der Waals surface area contributed by atoms with Crippen molar-refractivity contribution in [1.29, 1.82) is 0 Å². The van der Waals surface area contributed by atoms with Crippen LogP contribution in [-0.4, -0.2) is 44.5 Å². The van der Waals surface area contributed by atoms with E-state index in [1.54, 1.807) is 27.2 Å². The van der Waals surface area contributed by atoms with Crippen LogP contribution < -0.4 is 15.2 Å². The van der Waals surface area contributed by atoms with Gasteiger partial charge in [-0.1, -0.05) is 13.0 Å². The van der Waals surface area contributed by atoms with Crippen molar-refractivity contribution in [1.82, 2.24) is 4.90 Å². The predicted molar refractivity (Wildman–Crippen MR) is 83.9 cm³/mol. The molecule has 0 aliphatic heterocycles. The molecule has 6 heteroatoms. The summed E-state index contributed by atoms with van der Waals surface area (Å²) in [5.41, 5.74) is 6.36. The van der Waals surface area contributed by atoms with Gasteiger partial charge in [-0.05, 0) is 37.1 Å². The maximum atomic E-state index is 12.3. The SMILES string of the molecule is COc1ccc(CC(C)C(=O)N(C=O)CCCN)cc1OC. The van der Waals surface area contributed by atoms with Gasteiger partial charge in [-0.15, -0.1) is 0 Å². The molecule has 1 aromatic carbocycles. The first kappa shape index (κ1) is 18.0. The predicted octanol–water partition coefficient (Wildman–Crippen LogP) is 1.22. The van der Waals surface area contributed by atoms with E-state index in [1.807, 2.05) is 12.1 Å². The fourth-order valence-corrected chi connectivity index (χ4v) is 2.21. The van der Waals surface area contributed by atoms with E-state index in [0.29, 0.717) is 43.8 Å². The molecule has 0 aliphatic rings. The first-order valence-corrected chi connectivity index (χ1v) is 7.24. The molecule has 0 bridgehead atoms. The quantitative estimate of drug-likeness (QED) is 0.694. The van der Waals surface area contributed by atoms with E-state index >= 15 is 0 Å². The highest BCUT2D eigenvalue weighted by molar-refractivity contribution is 5.87. The summed E-state index contributed by atoms with van der Waals surface area (Å²) < 4.78 is 10.4. The zero-order valence-corrected chi connectivity index (χ0v) is 13.4. The van der Waals surface area contributed by atoms with Crippen molar-refractivity contribution in [3.8, 4) is 11.5 Å². The minimum absolute atomic E-state index is 0.196. The summed E-state index contributed by atoms with van der Waals surface area (Å²) in [6.07, 6.45) is 1.70. The van der Waals surface area contributed by atoms with Crippen molar-refractivity contribution in [3.05, 3.63) is 23.8 Å². The molecule has 0 spiro atoms. The lowest BCUT2D eigenvalue weighted by Crippen LogP contribution is -2.36. The van der Waals surface area contributed by atoms with Crippen molar-refractivity contribution in [2.45, 2.75) is 19.8 Å². The average molecular weight is 308 g/mol. The molecule has 0 heterocycles. The van der Waals surface area contributed by atoms with Crippen LogP contribution in [0.4, 0.5) is 0 Å². The van der Waals surface area contributed by atoms with Gasteiger partial charge in [-0.2, -0.15) is 0 Å². The minimum atomic E-state index is -0.305. The van der Waals surface area contributed by atoms with Crippen LogP contribution >= 0.6 is 0 Å². The Bertz CT molecular complexity index is 505. The van der Waals surface area contributed by atoms with Crippen LogP contribution in [0.5, 0.6) is 11.5 Å². The highest BCUT2D eigenvalue weighted by Crippen LogP contribution is 2.28. The van der Waals surface area contributed by atoms with E-state index in [-0.39, 0.29) is 11.8 Å². The van der Waals surface area contributed by atoms with Gasteiger partial charge in [0.05, 0.1) is 14.2 Å². The smallest absolute Gasteiger partial charge is 0.232 e. The molecule has 22 heavy (non-hydrogen) atoms. The lowest BCUT2D eigenvalue weighted by molar-refractivity contribution is -0.141. The Morgan fingerprint density at radius 2 is 2.00 bits per heavy atom. The molecule has 0 fully saturated rings. The molecule has 122 valence electrons. The van der Waals surface area contributed by atoms with Crippen LogP contribution in [0, 0.1) is 5.92 Å². The molecule has 1 atom stereocenters. The molecule has 1 aromatic rings. The molecule has 0 saturated carbocycles. The summed E-state index contributed by atoms with van der Waals surface area (Å²) in [5.74, 6) is 0.761. The molecular formula is C16H24N2O4. The van der Waals surface area contributed by atoms with Crippen molar-refractivity contribution in [3.63, 3.8) is 0 Å². The van der Waals surface area contributed by atoms with Crippen LogP contribution in [0.2, 0.25) is 0 Å². The van der Waals surface area contributed by atoms with Gasteiger partial charge >= 0.3 is 0 Å². The summed E-state index contributed by atoms with van der Waals surface area (Å²) >= 11 is 0. The third-order valence-corrected chi connectivity index (χ3v) is 3.42. The lowest BCUT2D eigenvalue weighted by atomic mass is 9.99. The van der Waals surface area contributed by atoms with Gasteiger partial charge in [-0.25, -0.2) is 0 Å². The van der Waals surface area contributed by atoms with Crippen LogP contribution in [-0.2, 0) is 16.0 Å². The second-order valence-corrected chi connectivity index (χ2v) is 5.07. The van der Waals surface area contributed by atoms with Crippen molar-refractivity contribution in [2.75, 3.05) is 27.3 Å². The second-order valence-electron chi connectivity index (χ2n) is 5.07. The number of ether oxygens (including phenoxy) is 2. The van der Waals surface area contributed by atoms with E-state index in [2.05, 4.69) is 0 Å². The lowest BCUT2D eigenvalue weighted by Gasteiger charge is -2.20. The molecule has 0 radical (unpaired) electrons. The van der Waals surface area contributed by atoms with E-state index < -0.39 is 0 Å². The Balaban J connectivity index is 2.76. The number of imide groups is 1. The fourth-order valence-electron chi connectivity index (χ4n) is 2.21. The largest absolute Gasteiger partial charge is 0.493 e. The third kappa shape index (κ3) is 4.73. The summed E-state index contributed by atoms with van der Waals surface area (Å²) in [5, 5.41) is 0. The normalized spacial score (nSPS) is 11.6. The third-order valence-electron chi connectivity index (χ3n) is 3.42. The summed E-state index contributed by atoms with van der Waals surface area (Å²) in [6.45, 7) is 2.61. The van der Waals surface area contributed by atoms with Gasteiger partial charge in [0.2, 0.25) is 12.3 Å². The van der Waals surface area contributed by atoms with Gasteiger partial charge in [0, 0.05) is 12.5 Å². The van der Waals surface area contributed by atoms with E-state index in [1.165, 1.54) is 4.90 Å². The Morgan fingerprint density at radius 1 is 1.32 bits per heavy atom. The summed E-state index contributed by atoms with van der Waals surface area (Å²) in [7, 11) is 3.14. The van der Waals surface area contributed by atoms with Crippen molar-refractivity contribution in [2.24, 2.45) is 11.7 Å². The average Bonchev–Trinajstić information content (AvgIpc) is 2.55. The van der Waals surface area contributed by atoms with E-state index in [9.17, 15) is 9.59 Å². The number of hydrogen-bond donors (Lipinski definition) is 1. The molecule has 2 amide bonds. The summed E-state index contributed by atoms with van der Waals surface area (Å²) in [4.78, 5) is 24.5. The molecule has 1 rings (SSSR count). The Kier molecular flexibility index (Phi) is 7.39. The highest BCUT2D eigenvalue weighted by atomic mass is 16.5. The molecule has 0 aliphatic carbocycles. The van der Waals surface area contributed by atoms with Crippen LogP contribution in [0.25, 0.3) is 0 Å². The molecule has 0 saturated heterocycles. The van der Waals surface area contributed by atoms with E-state index in [4.69, 9.17) is 15.2 Å². The second kappa shape index (κ2) is 9.04. The topological polar surface area (TPSA) is 81.9 Å². The maximum Gasteiger partial charge on any atom is 0.232 e. The number of nitrogens with two attached hydrogens (primary N) is 1. The number of amides is 2. The van der Waals surface area contributed by atoms with Crippen molar-refractivity contribution < 1.29 is 19.1 Å².